The molecule has 138 valence electrons. The van der Waals surface area contributed by atoms with E-state index in [9.17, 15) is 9.59 Å². The molecule has 0 aliphatic heterocycles. The molecule has 1 aromatic carbocycles. The van der Waals surface area contributed by atoms with Crippen LogP contribution in [-0.2, 0) is 11.3 Å². The molecule has 1 aliphatic carbocycles. The van der Waals surface area contributed by atoms with Crippen molar-refractivity contribution < 1.29 is 9.59 Å². The van der Waals surface area contributed by atoms with Gasteiger partial charge in [-0.3, -0.25) is 9.89 Å². The Morgan fingerprint density at radius 2 is 1.81 bits per heavy atom. The maximum Gasteiger partial charge on any atom is 0.315 e. The quantitative estimate of drug-likeness (QED) is 0.640. The summed E-state index contributed by atoms with van der Waals surface area (Å²) in [7, 11) is 0. The van der Waals surface area contributed by atoms with Gasteiger partial charge in [0.15, 0.2) is 0 Å². The second-order valence-electron chi connectivity index (χ2n) is 6.61. The van der Waals surface area contributed by atoms with E-state index in [2.05, 4.69) is 26.1 Å². The van der Waals surface area contributed by atoms with Crippen LogP contribution < -0.4 is 16.0 Å². The van der Waals surface area contributed by atoms with Gasteiger partial charge in [0.25, 0.3) is 0 Å². The van der Waals surface area contributed by atoms with Crippen molar-refractivity contribution in [2.24, 2.45) is 0 Å². The summed E-state index contributed by atoms with van der Waals surface area (Å²) in [5.74, 6) is -0.207. The van der Waals surface area contributed by atoms with Gasteiger partial charge in [0.05, 0.1) is 12.2 Å². The summed E-state index contributed by atoms with van der Waals surface area (Å²) >= 11 is 0. The van der Waals surface area contributed by atoms with Gasteiger partial charge in [0, 0.05) is 18.8 Å². The largest absolute Gasteiger partial charge is 0.350 e. The van der Waals surface area contributed by atoms with Crippen molar-refractivity contribution in [1.29, 1.82) is 0 Å². The zero-order chi connectivity index (χ0) is 18.2. The van der Waals surface area contributed by atoms with E-state index in [-0.39, 0.29) is 24.5 Å². The van der Waals surface area contributed by atoms with Gasteiger partial charge in [-0.1, -0.05) is 43.5 Å². The first-order valence-corrected chi connectivity index (χ1v) is 9.10. The summed E-state index contributed by atoms with van der Waals surface area (Å²) in [6.45, 7) is 0.402. The van der Waals surface area contributed by atoms with Crippen molar-refractivity contribution in [3.63, 3.8) is 0 Å². The maximum atomic E-state index is 11.9. The van der Waals surface area contributed by atoms with Crippen molar-refractivity contribution in [2.45, 2.75) is 44.7 Å². The molecule has 1 saturated carbocycles. The Morgan fingerprint density at radius 1 is 1.04 bits per heavy atom. The van der Waals surface area contributed by atoms with Gasteiger partial charge >= 0.3 is 6.03 Å². The Labute approximate surface area is 153 Å². The van der Waals surface area contributed by atoms with E-state index in [1.54, 1.807) is 6.20 Å². The molecular formula is C19H25N5O2. The molecule has 0 bridgehead atoms. The van der Waals surface area contributed by atoms with Gasteiger partial charge in [0.2, 0.25) is 5.91 Å². The number of rotatable bonds is 6. The fraction of sp³-hybridized carbons (Fsp3) is 0.421. The van der Waals surface area contributed by atoms with Gasteiger partial charge in [0.1, 0.15) is 0 Å². The number of nitrogens with one attached hydrogen (secondary N) is 4. The molecule has 3 amide bonds. The van der Waals surface area contributed by atoms with Crippen LogP contribution in [0, 0.1) is 0 Å². The predicted molar refractivity (Wildman–Crippen MR) is 99.3 cm³/mol. The van der Waals surface area contributed by atoms with E-state index < -0.39 is 0 Å². The number of hydrogen-bond donors (Lipinski definition) is 4. The highest BCUT2D eigenvalue weighted by molar-refractivity contribution is 5.84. The molecule has 26 heavy (non-hydrogen) atoms. The van der Waals surface area contributed by atoms with Crippen molar-refractivity contribution >= 4 is 11.9 Å². The topological polar surface area (TPSA) is 98.9 Å². The number of carbonyl (C=O) groups is 2. The number of aromatic amines is 1. The van der Waals surface area contributed by atoms with Gasteiger partial charge in [-0.2, -0.15) is 5.10 Å². The number of nitrogens with zero attached hydrogens (tertiary/aromatic N) is 1. The highest BCUT2D eigenvalue weighted by atomic mass is 16.2. The molecule has 4 N–H and O–H groups in total. The van der Waals surface area contributed by atoms with E-state index in [0.29, 0.717) is 6.54 Å². The number of amides is 3. The lowest BCUT2D eigenvalue weighted by Crippen LogP contribution is -2.46. The highest BCUT2D eigenvalue weighted by Crippen LogP contribution is 2.17. The van der Waals surface area contributed by atoms with Gasteiger partial charge in [-0.15, -0.1) is 0 Å². The smallest absolute Gasteiger partial charge is 0.315 e. The first kappa shape index (κ1) is 18.0. The van der Waals surface area contributed by atoms with Crippen LogP contribution in [0.5, 0.6) is 0 Å². The van der Waals surface area contributed by atoms with Crippen LogP contribution >= 0.6 is 0 Å². The summed E-state index contributed by atoms with van der Waals surface area (Å²) in [5.41, 5.74) is 2.99. The summed E-state index contributed by atoms with van der Waals surface area (Å²) < 4.78 is 0. The van der Waals surface area contributed by atoms with Crippen molar-refractivity contribution in [3.05, 3.63) is 42.1 Å². The fourth-order valence-electron chi connectivity index (χ4n) is 3.13. The van der Waals surface area contributed by atoms with Crippen molar-refractivity contribution in [1.82, 2.24) is 26.1 Å². The minimum Gasteiger partial charge on any atom is -0.350 e. The number of urea groups is 1. The van der Waals surface area contributed by atoms with Crippen LogP contribution in [0.1, 0.15) is 37.7 Å². The van der Waals surface area contributed by atoms with Gasteiger partial charge in [-0.05, 0) is 30.0 Å². The molecule has 3 rings (SSSR count). The normalized spacial score (nSPS) is 14.6. The number of benzene rings is 1. The monoisotopic (exact) mass is 355 g/mol. The fourth-order valence-corrected chi connectivity index (χ4v) is 3.13. The summed E-state index contributed by atoms with van der Waals surface area (Å²) in [5, 5.41) is 15.2. The molecule has 0 atom stereocenters. The summed E-state index contributed by atoms with van der Waals surface area (Å²) in [6, 6.07) is 9.74. The van der Waals surface area contributed by atoms with Crippen molar-refractivity contribution in [3.8, 4) is 11.3 Å². The van der Waals surface area contributed by atoms with Crippen LogP contribution in [0.25, 0.3) is 11.3 Å². The third-order valence-corrected chi connectivity index (χ3v) is 4.61. The van der Waals surface area contributed by atoms with Crippen molar-refractivity contribution in [2.75, 3.05) is 6.54 Å². The second kappa shape index (κ2) is 9.03. The molecule has 0 radical (unpaired) electrons. The zero-order valence-electron chi connectivity index (χ0n) is 14.8. The molecule has 0 spiro atoms. The van der Waals surface area contributed by atoms with Crippen LogP contribution in [0.3, 0.4) is 0 Å². The van der Waals surface area contributed by atoms with Crippen LogP contribution in [0.4, 0.5) is 4.79 Å². The Morgan fingerprint density at radius 3 is 2.50 bits per heavy atom. The molecule has 1 heterocycles. The molecular weight excluding hydrogens is 330 g/mol. The molecule has 7 heteroatoms. The number of carbonyl (C=O) groups excluding carboxylic acids is 2. The van der Waals surface area contributed by atoms with Gasteiger partial charge in [-0.25, -0.2) is 4.79 Å². The minimum absolute atomic E-state index is 0.0230. The summed E-state index contributed by atoms with van der Waals surface area (Å²) in [4.78, 5) is 23.7. The van der Waals surface area contributed by atoms with Crippen LogP contribution in [0.15, 0.2) is 36.5 Å². The lowest BCUT2D eigenvalue weighted by Gasteiger charge is -2.22. The molecule has 1 aromatic heterocycles. The Hall–Kier alpha value is -2.83. The lowest BCUT2D eigenvalue weighted by molar-refractivity contribution is -0.120. The molecule has 7 nitrogen and oxygen atoms in total. The Kier molecular flexibility index (Phi) is 6.24. The highest BCUT2D eigenvalue weighted by Gasteiger charge is 2.15. The van der Waals surface area contributed by atoms with E-state index in [0.717, 1.165) is 42.5 Å². The first-order valence-electron chi connectivity index (χ1n) is 9.10. The number of hydrogen-bond acceptors (Lipinski definition) is 3. The van der Waals surface area contributed by atoms with E-state index in [1.807, 2.05) is 30.3 Å². The standard InChI is InChI=1S/C19H25N5O2/c25-18(13-21-19(26)23-16-4-2-1-3-5-16)20-12-14-6-8-15(9-7-14)17-10-11-22-24-17/h6-11,16H,1-5,12-13H2,(H,20,25)(H,22,24)(H2,21,23,26). The number of aromatic nitrogens is 2. The van der Waals surface area contributed by atoms with E-state index >= 15 is 0 Å². The number of H-pyrrole nitrogens is 1. The molecule has 1 fully saturated rings. The third kappa shape index (κ3) is 5.34. The third-order valence-electron chi connectivity index (χ3n) is 4.61. The molecule has 0 saturated heterocycles. The average Bonchev–Trinajstić information content (AvgIpc) is 3.21. The minimum atomic E-state index is -0.268. The van der Waals surface area contributed by atoms with E-state index in [4.69, 9.17) is 0 Å². The molecule has 2 aromatic rings. The molecule has 0 unspecified atom stereocenters. The lowest BCUT2D eigenvalue weighted by atomic mass is 9.96. The maximum absolute atomic E-state index is 11.9. The SMILES string of the molecule is O=C(CNC(=O)NC1CCCCC1)NCc1ccc(-c2ccn[nH]2)cc1. The second-order valence-corrected chi connectivity index (χ2v) is 6.61. The first-order chi connectivity index (χ1) is 12.7. The van der Waals surface area contributed by atoms with Gasteiger partial charge < -0.3 is 16.0 Å². The molecule has 1 aliphatic rings. The predicted octanol–water partition coefficient (Wildman–Crippen LogP) is 2.32. The summed E-state index contributed by atoms with van der Waals surface area (Å²) in [6.07, 6.45) is 7.31. The Bertz CT molecular complexity index is 706. The van der Waals surface area contributed by atoms with Crippen LogP contribution in [-0.4, -0.2) is 34.7 Å². The zero-order valence-corrected chi connectivity index (χ0v) is 14.8. The average molecular weight is 355 g/mol. The van der Waals surface area contributed by atoms with E-state index in [1.165, 1.54) is 6.42 Å². The Balaban J connectivity index is 1.36. The van der Waals surface area contributed by atoms with Crippen LogP contribution in [0.2, 0.25) is 0 Å².